The van der Waals surface area contributed by atoms with Crippen LogP contribution in [0.2, 0.25) is 0 Å². The monoisotopic (exact) mass is 219 g/mol. The van der Waals surface area contributed by atoms with Gasteiger partial charge in [-0.2, -0.15) is 13.2 Å². The van der Waals surface area contributed by atoms with Crippen molar-refractivity contribution in [1.82, 2.24) is 4.98 Å². The lowest BCUT2D eigenvalue weighted by Gasteiger charge is -2.10. The highest BCUT2D eigenvalue weighted by Crippen LogP contribution is 2.31. The van der Waals surface area contributed by atoms with Crippen LogP contribution in [0, 0.1) is 6.92 Å². The van der Waals surface area contributed by atoms with Crippen LogP contribution in [0.5, 0.6) is 5.88 Å². The van der Waals surface area contributed by atoms with Gasteiger partial charge in [-0.25, -0.2) is 4.98 Å². The van der Waals surface area contributed by atoms with E-state index in [1.54, 1.807) is 0 Å². The van der Waals surface area contributed by atoms with Gasteiger partial charge in [0.15, 0.2) is 0 Å². The fourth-order valence-electron chi connectivity index (χ4n) is 1.08. The van der Waals surface area contributed by atoms with Crippen LogP contribution in [-0.2, 0) is 6.18 Å². The fraction of sp³-hybridized carbons (Fsp3) is 0.500. The summed E-state index contributed by atoms with van der Waals surface area (Å²) in [5, 5.41) is 0. The summed E-state index contributed by atoms with van der Waals surface area (Å²) < 4.78 is 42.2. The lowest BCUT2D eigenvalue weighted by atomic mass is 10.2. The van der Waals surface area contributed by atoms with Gasteiger partial charge >= 0.3 is 6.18 Å². The number of rotatable bonds is 3. The van der Waals surface area contributed by atoms with Crippen LogP contribution in [0.25, 0.3) is 0 Å². The van der Waals surface area contributed by atoms with E-state index in [0.29, 0.717) is 12.3 Å². The summed E-state index contributed by atoms with van der Waals surface area (Å²) in [5.74, 6) is 0.0316. The number of nitrogens with zero attached hydrogens (tertiary/aromatic N) is 1. The second-order valence-electron chi connectivity index (χ2n) is 3.18. The molecule has 0 saturated heterocycles. The topological polar surface area (TPSA) is 22.1 Å². The molecule has 0 unspecified atom stereocenters. The van der Waals surface area contributed by atoms with E-state index in [9.17, 15) is 13.2 Å². The summed E-state index contributed by atoms with van der Waals surface area (Å²) >= 11 is 0. The first-order valence-corrected chi connectivity index (χ1v) is 4.62. The molecular weight excluding hydrogens is 207 g/mol. The number of hydrogen-bond donors (Lipinski definition) is 0. The van der Waals surface area contributed by atoms with E-state index in [2.05, 4.69) is 4.98 Å². The molecule has 15 heavy (non-hydrogen) atoms. The highest BCUT2D eigenvalue weighted by Gasteiger charge is 2.31. The van der Waals surface area contributed by atoms with Crippen molar-refractivity contribution < 1.29 is 17.9 Å². The predicted molar refractivity (Wildman–Crippen MR) is 49.8 cm³/mol. The predicted octanol–water partition coefficient (Wildman–Crippen LogP) is 3.20. The van der Waals surface area contributed by atoms with E-state index in [1.165, 1.54) is 6.92 Å². The van der Waals surface area contributed by atoms with Crippen LogP contribution in [0.15, 0.2) is 12.1 Å². The lowest BCUT2D eigenvalue weighted by Crippen LogP contribution is -2.07. The Morgan fingerprint density at radius 1 is 1.33 bits per heavy atom. The van der Waals surface area contributed by atoms with Gasteiger partial charge in [-0.1, -0.05) is 6.92 Å². The van der Waals surface area contributed by atoms with Gasteiger partial charge in [0.05, 0.1) is 12.2 Å². The van der Waals surface area contributed by atoms with Gasteiger partial charge in [0, 0.05) is 11.8 Å². The molecule has 1 aromatic heterocycles. The molecule has 0 fully saturated rings. The third-order valence-corrected chi connectivity index (χ3v) is 1.71. The van der Waals surface area contributed by atoms with E-state index in [1.807, 2.05) is 6.92 Å². The zero-order valence-electron chi connectivity index (χ0n) is 8.56. The first-order chi connectivity index (χ1) is 6.93. The zero-order chi connectivity index (χ0) is 11.5. The zero-order valence-corrected chi connectivity index (χ0v) is 8.56. The molecule has 1 heterocycles. The number of aryl methyl sites for hydroxylation is 1. The number of pyridine rings is 1. The first-order valence-electron chi connectivity index (χ1n) is 4.62. The Balaban J connectivity index is 2.95. The molecule has 0 aromatic carbocycles. The molecule has 0 amide bonds. The highest BCUT2D eigenvalue weighted by molar-refractivity contribution is 5.26. The van der Waals surface area contributed by atoms with E-state index in [0.717, 1.165) is 18.6 Å². The van der Waals surface area contributed by atoms with Crippen molar-refractivity contribution in [2.45, 2.75) is 26.4 Å². The largest absolute Gasteiger partial charge is 0.478 e. The van der Waals surface area contributed by atoms with Crippen molar-refractivity contribution in [2.24, 2.45) is 0 Å². The maximum atomic E-state index is 12.4. The Hall–Kier alpha value is -1.26. The van der Waals surface area contributed by atoms with E-state index >= 15 is 0 Å². The Morgan fingerprint density at radius 3 is 2.53 bits per heavy atom. The van der Waals surface area contributed by atoms with Gasteiger partial charge in [0.1, 0.15) is 0 Å². The minimum atomic E-state index is -4.35. The standard InChI is InChI=1S/C10H12F3NO/c1-3-4-15-9-6-8(10(11,12)13)5-7(2)14-9/h5-6H,3-4H2,1-2H3. The van der Waals surface area contributed by atoms with E-state index in [4.69, 9.17) is 4.74 Å². The Kier molecular flexibility index (Phi) is 3.55. The fourth-order valence-corrected chi connectivity index (χ4v) is 1.08. The van der Waals surface area contributed by atoms with Crippen LogP contribution >= 0.6 is 0 Å². The van der Waals surface area contributed by atoms with Crippen molar-refractivity contribution in [3.8, 4) is 5.88 Å². The average Bonchev–Trinajstić information content (AvgIpc) is 2.12. The molecule has 0 aliphatic carbocycles. The molecule has 0 N–H and O–H groups in total. The summed E-state index contributed by atoms with van der Waals surface area (Å²) in [6.45, 7) is 3.75. The van der Waals surface area contributed by atoms with Crippen LogP contribution in [0.1, 0.15) is 24.6 Å². The molecule has 1 rings (SSSR count). The van der Waals surface area contributed by atoms with Crippen molar-refractivity contribution in [1.29, 1.82) is 0 Å². The number of hydrogen-bond acceptors (Lipinski definition) is 2. The number of aromatic nitrogens is 1. The van der Waals surface area contributed by atoms with Crippen molar-refractivity contribution in [3.05, 3.63) is 23.4 Å². The van der Waals surface area contributed by atoms with Gasteiger partial charge in [-0.15, -0.1) is 0 Å². The number of halogens is 3. The normalized spacial score (nSPS) is 11.5. The number of alkyl halides is 3. The second-order valence-corrected chi connectivity index (χ2v) is 3.18. The molecule has 1 aromatic rings. The van der Waals surface area contributed by atoms with Crippen LogP contribution in [0.3, 0.4) is 0 Å². The van der Waals surface area contributed by atoms with Gasteiger partial charge in [0.2, 0.25) is 5.88 Å². The van der Waals surface area contributed by atoms with Crippen molar-refractivity contribution in [3.63, 3.8) is 0 Å². The Bertz CT molecular complexity index is 336. The molecule has 0 saturated carbocycles. The molecule has 0 radical (unpaired) electrons. The molecular formula is C10H12F3NO. The minimum Gasteiger partial charge on any atom is -0.478 e. The van der Waals surface area contributed by atoms with Gasteiger partial charge in [-0.05, 0) is 19.4 Å². The molecule has 0 atom stereocenters. The maximum absolute atomic E-state index is 12.4. The van der Waals surface area contributed by atoms with Gasteiger partial charge in [0.25, 0.3) is 0 Å². The lowest BCUT2D eigenvalue weighted by molar-refractivity contribution is -0.137. The SMILES string of the molecule is CCCOc1cc(C(F)(F)F)cc(C)n1. The highest BCUT2D eigenvalue weighted by atomic mass is 19.4. The van der Waals surface area contributed by atoms with E-state index in [-0.39, 0.29) is 5.88 Å². The van der Waals surface area contributed by atoms with Crippen LogP contribution in [0.4, 0.5) is 13.2 Å². The summed E-state index contributed by atoms with van der Waals surface area (Å²) in [4.78, 5) is 3.86. The van der Waals surface area contributed by atoms with Gasteiger partial charge in [-0.3, -0.25) is 0 Å². The maximum Gasteiger partial charge on any atom is 0.416 e. The second kappa shape index (κ2) is 4.51. The first kappa shape index (κ1) is 11.8. The van der Waals surface area contributed by atoms with E-state index < -0.39 is 11.7 Å². The molecule has 0 spiro atoms. The summed E-state index contributed by atoms with van der Waals surface area (Å²) in [6, 6.07) is 1.92. The van der Waals surface area contributed by atoms with Crippen LogP contribution in [-0.4, -0.2) is 11.6 Å². The third kappa shape index (κ3) is 3.42. The van der Waals surface area contributed by atoms with Crippen LogP contribution < -0.4 is 4.74 Å². The minimum absolute atomic E-state index is 0.0316. The molecule has 84 valence electrons. The average molecular weight is 219 g/mol. The quantitative estimate of drug-likeness (QED) is 0.778. The Labute approximate surface area is 86.1 Å². The summed E-state index contributed by atoms with van der Waals surface area (Å²) in [7, 11) is 0. The third-order valence-electron chi connectivity index (χ3n) is 1.71. The molecule has 0 aliphatic heterocycles. The molecule has 5 heteroatoms. The molecule has 0 aliphatic rings. The van der Waals surface area contributed by atoms with Crippen molar-refractivity contribution >= 4 is 0 Å². The smallest absolute Gasteiger partial charge is 0.416 e. The number of ether oxygens (including phenoxy) is 1. The summed E-state index contributed by atoms with van der Waals surface area (Å²) in [6.07, 6.45) is -3.62. The van der Waals surface area contributed by atoms with Crippen molar-refractivity contribution in [2.75, 3.05) is 6.61 Å². The molecule has 0 bridgehead atoms. The summed E-state index contributed by atoms with van der Waals surface area (Å²) in [5.41, 5.74) is -0.419. The Morgan fingerprint density at radius 2 is 2.00 bits per heavy atom. The van der Waals surface area contributed by atoms with Gasteiger partial charge < -0.3 is 4.74 Å². The molecule has 2 nitrogen and oxygen atoms in total.